The van der Waals surface area contributed by atoms with E-state index in [2.05, 4.69) is 46.7 Å². The third-order valence-corrected chi connectivity index (χ3v) is 16.5. The maximum absolute atomic E-state index is 14.6. The number of likely N-dealkylation sites (N-methyl/N-ethyl adjacent to an activating group) is 2. The van der Waals surface area contributed by atoms with Crippen molar-refractivity contribution in [2.45, 2.75) is 121 Å². The van der Waals surface area contributed by atoms with Crippen molar-refractivity contribution < 1.29 is 38.2 Å². The van der Waals surface area contributed by atoms with Crippen LogP contribution in [0.5, 0.6) is 0 Å². The molecule has 13 nitrogen and oxygen atoms in total. The van der Waals surface area contributed by atoms with Gasteiger partial charge in [-0.3, -0.25) is 24.1 Å². The monoisotopic (exact) mass is 995 g/mol. The van der Waals surface area contributed by atoms with E-state index in [1.807, 2.05) is 79.8 Å². The molecule has 1 fully saturated rings. The summed E-state index contributed by atoms with van der Waals surface area (Å²) in [6.45, 7) is 9.84. The van der Waals surface area contributed by atoms with E-state index in [4.69, 9.17) is 14.2 Å². The van der Waals surface area contributed by atoms with Gasteiger partial charge in [-0.25, -0.2) is 9.78 Å². The SMILES string of the molecule is CC[C@H](C)[C@@H]([C@@H](CC(=O)N1CCC[C@H]1[C@H](OC)[C@@H](C)C(=O)C[C@@H](Cc1ccccc1)c1nccs1)OC)N(C)C(=O)[C@H](CSC)NC(=O)C(C)(C)N(C)C(=O)OCC1c2ccccc2-c2ccccc21. The molecule has 1 saturated heterocycles. The summed E-state index contributed by atoms with van der Waals surface area (Å²) >= 11 is 2.97. The molecule has 1 aliphatic heterocycles. The number of likely N-dealkylation sites (tertiary alicyclic amines) is 1. The maximum Gasteiger partial charge on any atom is 0.410 e. The zero-order valence-corrected chi connectivity index (χ0v) is 44.2. The Labute approximate surface area is 423 Å². The average molecular weight is 996 g/mol. The highest BCUT2D eigenvalue weighted by Crippen LogP contribution is 2.44. The summed E-state index contributed by atoms with van der Waals surface area (Å²) in [7, 11) is 6.40. The van der Waals surface area contributed by atoms with Gasteiger partial charge in [0.15, 0.2) is 0 Å². The minimum atomic E-state index is -1.39. The first-order chi connectivity index (χ1) is 33.6. The number of amides is 4. The van der Waals surface area contributed by atoms with Gasteiger partial charge in [-0.1, -0.05) is 106 Å². The number of ketones is 1. The number of carbonyl (C=O) groups is 5. The number of nitrogens with one attached hydrogen (secondary N) is 1. The molecule has 8 atom stereocenters. The van der Waals surface area contributed by atoms with Gasteiger partial charge in [0.25, 0.3) is 0 Å². The van der Waals surface area contributed by atoms with Crippen molar-refractivity contribution in [1.82, 2.24) is 25.0 Å². The van der Waals surface area contributed by atoms with E-state index >= 15 is 0 Å². The second kappa shape index (κ2) is 24.8. The molecule has 70 heavy (non-hydrogen) atoms. The van der Waals surface area contributed by atoms with Crippen LogP contribution in [-0.4, -0.2) is 139 Å². The second-order valence-electron chi connectivity index (χ2n) is 19.4. The predicted octanol–water partition coefficient (Wildman–Crippen LogP) is 8.86. The van der Waals surface area contributed by atoms with Crippen LogP contribution in [0.2, 0.25) is 0 Å². The van der Waals surface area contributed by atoms with Gasteiger partial charge in [0, 0.05) is 76.4 Å². The molecule has 4 amide bonds. The van der Waals surface area contributed by atoms with E-state index in [9.17, 15) is 24.0 Å². The molecule has 1 aliphatic carbocycles. The molecule has 0 bridgehead atoms. The molecule has 0 unspecified atom stereocenters. The van der Waals surface area contributed by atoms with Gasteiger partial charge < -0.3 is 29.3 Å². The fourth-order valence-corrected chi connectivity index (χ4v) is 11.6. The van der Waals surface area contributed by atoms with Gasteiger partial charge in [0.1, 0.15) is 24.0 Å². The Balaban J connectivity index is 1.10. The van der Waals surface area contributed by atoms with Crippen LogP contribution in [0.25, 0.3) is 11.1 Å². The first-order valence-electron chi connectivity index (χ1n) is 24.5. The number of Topliss-reactive ketones (excluding diaryl/α,β-unsaturated/α-hetero) is 1. The van der Waals surface area contributed by atoms with Crippen molar-refractivity contribution in [2.75, 3.05) is 53.5 Å². The summed E-state index contributed by atoms with van der Waals surface area (Å²) in [6, 6.07) is 24.5. The summed E-state index contributed by atoms with van der Waals surface area (Å²) in [5.41, 5.74) is 4.14. The van der Waals surface area contributed by atoms with E-state index < -0.39 is 47.7 Å². The number of thiazole rings is 1. The molecule has 2 aliphatic rings. The molecule has 1 N–H and O–H groups in total. The molecule has 6 rings (SSSR count). The quantitative estimate of drug-likeness (QED) is 0.0722. The highest BCUT2D eigenvalue weighted by Gasteiger charge is 2.44. The number of methoxy groups -OCH3 is 2. The topological polar surface area (TPSA) is 148 Å². The Bertz CT molecular complexity index is 2340. The zero-order valence-electron chi connectivity index (χ0n) is 42.6. The molecule has 0 spiro atoms. The summed E-state index contributed by atoms with van der Waals surface area (Å²) in [6.07, 6.45) is 4.91. The Kier molecular flexibility index (Phi) is 19.2. The minimum Gasteiger partial charge on any atom is -0.448 e. The van der Waals surface area contributed by atoms with Gasteiger partial charge in [-0.2, -0.15) is 11.8 Å². The van der Waals surface area contributed by atoms with Crippen LogP contribution in [0.15, 0.2) is 90.4 Å². The van der Waals surface area contributed by atoms with E-state index in [0.29, 0.717) is 32.2 Å². The second-order valence-corrected chi connectivity index (χ2v) is 21.3. The Hall–Kier alpha value is -5.09. The number of carbonyl (C=O) groups excluding carboxylic acids is 5. The minimum absolute atomic E-state index is 0.000890. The summed E-state index contributed by atoms with van der Waals surface area (Å²) in [5.74, 6) is -1.46. The highest BCUT2D eigenvalue weighted by atomic mass is 32.2. The molecule has 0 saturated carbocycles. The lowest BCUT2D eigenvalue weighted by Gasteiger charge is -2.41. The number of benzene rings is 3. The third kappa shape index (κ3) is 12.3. The number of nitrogens with zero attached hydrogens (tertiary/aromatic N) is 4. The Morgan fingerprint density at radius 3 is 2.14 bits per heavy atom. The van der Waals surface area contributed by atoms with Crippen molar-refractivity contribution in [1.29, 1.82) is 0 Å². The molecule has 1 aromatic heterocycles. The predicted molar refractivity (Wildman–Crippen MR) is 278 cm³/mol. The van der Waals surface area contributed by atoms with Crippen molar-refractivity contribution in [3.05, 3.63) is 112 Å². The number of rotatable bonds is 24. The van der Waals surface area contributed by atoms with E-state index in [-0.39, 0.29) is 60.2 Å². The summed E-state index contributed by atoms with van der Waals surface area (Å²) in [5, 5.41) is 5.83. The van der Waals surface area contributed by atoms with Gasteiger partial charge in [-0.05, 0) is 73.1 Å². The van der Waals surface area contributed by atoms with Crippen LogP contribution in [0.3, 0.4) is 0 Å². The molecular formula is C55H73N5O8S2. The first-order valence-corrected chi connectivity index (χ1v) is 26.8. The number of ether oxygens (including phenoxy) is 3. The number of hydrogen-bond acceptors (Lipinski definition) is 11. The smallest absolute Gasteiger partial charge is 0.410 e. The van der Waals surface area contributed by atoms with Crippen LogP contribution in [-0.2, 0) is 39.8 Å². The lowest BCUT2D eigenvalue weighted by Crippen LogP contribution is -2.61. The van der Waals surface area contributed by atoms with Gasteiger partial charge >= 0.3 is 6.09 Å². The lowest BCUT2D eigenvalue weighted by atomic mass is 9.85. The highest BCUT2D eigenvalue weighted by molar-refractivity contribution is 7.98. The Morgan fingerprint density at radius 2 is 1.56 bits per heavy atom. The number of hydrogen-bond donors (Lipinski definition) is 1. The molecule has 0 radical (unpaired) electrons. The van der Waals surface area contributed by atoms with Gasteiger partial charge in [0.05, 0.1) is 35.7 Å². The molecular weight excluding hydrogens is 923 g/mol. The number of thioether (sulfide) groups is 1. The first kappa shape index (κ1) is 54.2. The normalized spacial score (nSPS) is 17.6. The Morgan fingerprint density at radius 1 is 0.914 bits per heavy atom. The van der Waals surface area contributed by atoms with Gasteiger partial charge in [-0.15, -0.1) is 11.3 Å². The standard InChI is InChI=1S/C55H73N5O8S2/c1-11-35(2)49(47(66-8)32-48(62)60-28-19-26-45(60)50(67-9)36(3)46(61)31-38(51-56-27-29-70-51)30-37-20-13-12-14-21-37)58(6)52(63)44(34-69-10)57-53(64)55(4,5)59(7)54(65)68-33-43-41-24-17-15-22-39(41)40-23-16-18-25-42(40)43/h12-18,20-25,27,29,35-36,38,43-45,47,49-50H,11,19,26,28,30-34H2,1-10H3,(H,57,64)/t35-,36-,38+,44-,45-,47+,49-,50+/m0/s1. The molecule has 378 valence electrons. The van der Waals surface area contributed by atoms with Crippen LogP contribution >= 0.6 is 23.1 Å². The maximum atomic E-state index is 14.6. The van der Waals surface area contributed by atoms with Crippen LogP contribution in [0.4, 0.5) is 4.79 Å². The largest absolute Gasteiger partial charge is 0.448 e. The lowest BCUT2D eigenvalue weighted by molar-refractivity contribution is -0.147. The van der Waals surface area contributed by atoms with Gasteiger partial charge in [0.2, 0.25) is 17.7 Å². The van der Waals surface area contributed by atoms with Crippen LogP contribution in [0.1, 0.15) is 100 Å². The molecule has 2 heterocycles. The van der Waals surface area contributed by atoms with Crippen molar-refractivity contribution in [2.24, 2.45) is 11.8 Å². The molecule has 4 aromatic rings. The van der Waals surface area contributed by atoms with E-state index in [1.54, 1.807) is 57.5 Å². The van der Waals surface area contributed by atoms with Crippen molar-refractivity contribution >= 4 is 52.7 Å². The summed E-state index contributed by atoms with van der Waals surface area (Å²) in [4.78, 5) is 80.5. The fraction of sp³-hybridized carbons (Fsp3) is 0.527. The van der Waals surface area contributed by atoms with Crippen molar-refractivity contribution in [3.63, 3.8) is 0 Å². The van der Waals surface area contributed by atoms with Crippen molar-refractivity contribution in [3.8, 4) is 11.1 Å². The van der Waals surface area contributed by atoms with Crippen LogP contribution in [0, 0.1) is 11.8 Å². The number of fused-ring (bicyclic) bond motifs is 3. The van der Waals surface area contributed by atoms with E-state index in [1.165, 1.54) is 23.7 Å². The average Bonchev–Trinajstić information content (AvgIpc) is 4.16. The van der Waals surface area contributed by atoms with E-state index in [0.717, 1.165) is 39.2 Å². The molecule has 15 heteroatoms. The third-order valence-electron chi connectivity index (χ3n) is 14.9. The fourth-order valence-electron chi connectivity index (χ4n) is 10.3. The summed E-state index contributed by atoms with van der Waals surface area (Å²) < 4.78 is 18.1. The molecule has 3 aromatic carbocycles. The zero-order chi connectivity index (χ0) is 50.7. The number of aromatic nitrogens is 1. The van der Waals surface area contributed by atoms with Crippen LogP contribution < -0.4 is 5.32 Å².